The Morgan fingerprint density at radius 2 is 1.89 bits per heavy atom. The van der Waals surface area contributed by atoms with Gasteiger partial charge in [0, 0.05) is 12.2 Å². The predicted octanol–water partition coefficient (Wildman–Crippen LogP) is 5.61. The Kier molecular flexibility index (Phi) is 11.5. The van der Waals surface area contributed by atoms with Crippen LogP contribution in [0.15, 0.2) is 36.1 Å². The van der Waals surface area contributed by atoms with Gasteiger partial charge in [0.2, 0.25) is 0 Å². The number of rotatable bonds is 11. The van der Waals surface area contributed by atoms with Gasteiger partial charge >= 0.3 is 0 Å². The summed E-state index contributed by atoms with van der Waals surface area (Å²) in [4.78, 5) is 0. The highest BCUT2D eigenvalue weighted by molar-refractivity contribution is 5.18. The molecule has 0 amide bonds. The molecule has 1 heteroatoms. The molecule has 0 aromatic heterocycles. The first-order chi connectivity index (χ1) is 9.06. The molecule has 1 atom stereocenters. The first-order valence-electron chi connectivity index (χ1n) is 7.80. The second kappa shape index (κ2) is 12.1. The summed E-state index contributed by atoms with van der Waals surface area (Å²) < 4.78 is 0. The molecule has 1 unspecified atom stereocenters. The van der Waals surface area contributed by atoms with Gasteiger partial charge in [-0.25, -0.2) is 0 Å². The highest BCUT2D eigenvalue weighted by Crippen LogP contribution is 2.14. The normalized spacial score (nSPS) is 13.8. The van der Waals surface area contributed by atoms with Crippen LogP contribution in [0.1, 0.15) is 66.2 Å². The maximum atomic E-state index is 3.84. The van der Waals surface area contributed by atoms with Gasteiger partial charge in [-0.2, -0.15) is 0 Å². The van der Waals surface area contributed by atoms with E-state index in [1.165, 1.54) is 44.2 Å². The molecule has 1 N–H and O–H groups in total. The Morgan fingerprint density at radius 1 is 1.16 bits per heavy atom. The lowest BCUT2D eigenvalue weighted by Crippen LogP contribution is -2.12. The van der Waals surface area contributed by atoms with E-state index in [9.17, 15) is 0 Å². The van der Waals surface area contributed by atoms with Gasteiger partial charge < -0.3 is 5.32 Å². The molecule has 0 aliphatic rings. The van der Waals surface area contributed by atoms with E-state index in [2.05, 4.69) is 44.8 Å². The van der Waals surface area contributed by atoms with Crippen LogP contribution in [0.4, 0.5) is 0 Å². The summed E-state index contributed by atoms with van der Waals surface area (Å²) in [6.45, 7) is 13.7. The van der Waals surface area contributed by atoms with Gasteiger partial charge in [-0.3, -0.25) is 0 Å². The molecule has 1 nitrogen and oxygen atoms in total. The van der Waals surface area contributed by atoms with Gasteiger partial charge in [-0.15, -0.1) is 0 Å². The lowest BCUT2D eigenvalue weighted by Gasteiger charge is -2.10. The molecule has 0 aromatic rings. The standard InChI is InChI=1S/C18H33N/c1-6-11-17(4)13-8-7-9-15-19-18(5)14-10-12-16(2)3/h10,12,14,17,19H,2,6-9,11,13,15H2,1,3-5H3/b12-10-,18-14+. The van der Waals surface area contributed by atoms with Crippen LogP contribution in [-0.4, -0.2) is 6.54 Å². The Morgan fingerprint density at radius 3 is 2.53 bits per heavy atom. The topological polar surface area (TPSA) is 12.0 Å². The van der Waals surface area contributed by atoms with Crippen molar-refractivity contribution in [3.63, 3.8) is 0 Å². The zero-order chi connectivity index (χ0) is 14.5. The molecule has 0 aliphatic heterocycles. The number of hydrogen-bond donors (Lipinski definition) is 1. The monoisotopic (exact) mass is 263 g/mol. The number of nitrogens with one attached hydrogen (secondary N) is 1. The molecule has 0 saturated carbocycles. The van der Waals surface area contributed by atoms with E-state index >= 15 is 0 Å². The van der Waals surface area contributed by atoms with Crippen molar-refractivity contribution in [3.05, 3.63) is 36.1 Å². The minimum atomic E-state index is 0.909. The van der Waals surface area contributed by atoms with Crippen molar-refractivity contribution in [3.8, 4) is 0 Å². The second-order valence-electron chi connectivity index (χ2n) is 5.73. The fraction of sp³-hybridized carbons (Fsp3) is 0.667. The molecule has 0 rings (SSSR count). The predicted molar refractivity (Wildman–Crippen MR) is 88.3 cm³/mol. The third kappa shape index (κ3) is 13.3. The summed E-state index contributed by atoms with van der Waals surface area (Å²) in [6, 6.07) is 0. The van der Waals surface area contributed by atoms with Crippen LogP contribution in [0.25, 0.3) is 0 Å². The zero-order valence-electron chi connectivity index (χ0n) is 13.5. The molecular weight excluding hydrogens is 230 g/mol. The molecule has 0 spiro atoms. The highest BCUT2D eigenvalue weighted by atomic mass is 14.9. The minimum absolute atomic E-state index is 0.909. The van der Waals surface area contributed by atoms with Crippen molar-refractivity contribution < 1.29 is 0 Å². The van der Waals surface area contributed by atoms with Gasteiger partial charge in [-0.05, 0) is 32.3 Å². The molecular formula is C18H33N. The van der Waals surface area contributed by atoms with E-state index in [0.29, 0.717) is 0 Å². The molecule has 0 aliphatic carbocycles. The maximum Gasteiger partial charge on any atom is 0.0143 e. The quantitative estimate of drug-likeness (QED) is 0.377. The zero-order valence-corrected chi connectivity index (χ0v) is 13.5. The van der Waals surface area contributed by atoms with Crippen LogP contribution in [0, 0.1) is 5.92 Å². The van der Waals surface area contributed by atoms with E-state index in [1.54, 1.807) is 0 Å². The first-order valence-corrected chi connectivity index (χ1v) is 7.80. The lowest BCUT2D eigenvalue weighted by molar-refractivity contribution is 0.455. The second-order valence-corrected chi connectivity index (χ2v) is 5.73. The van der Waals surface area contributed by atoms with Gasteiger partial charge in [0.1, 0.15) is 0 Å². The summed E-state index contributed by atoms with van der Waals surface area (Å²) in [5, 5.41) is 3.45. The minimum Gasteiger partial charge on any atom is -0.389 e. The summed E-state index contributed by atoms with van der Waals surface area (Å²) in [7, 11) is 0. The van der Waals surface area contributed by atoms with Crippen LogP contribution in [-0.2, 0) is 0 Å². The third-order valence-electron chi connectivity index (χ3n) is 3.29. The van der Waals surface area contributed by atoms with Crippen LogP contribution in [0.3, 0.4) is 0 Å². The average Bonchev–Trinajstić information content (AvgIpc) is 2.33. The van der Waals surface area contributed by atoms with Gasteiger partial charge in [-0.1, -0.05) is 70.3 Å². The van der Waals surface area contributed by atoms with Gasteiger partial charge in [0.15, 0.2) is 0 Å². The van der Waals surface area contributed by atoms with E-state index in [-0.39, 0.29) is 0 Å². The molecule has 19 heavy (non-hydrogen) atoms. The Hall–Kier alpha value is -0.980. The van der Waals surface area contributed by atoms with Crippen LogP contribution < -0.4 is 5.32 Å². The van der Waals surface area contributed by atoms with Crippen molar-refractivity contribution in [2.45, 2.75) is 66.2 Å². The number of unbranched alkanes of at least 4 members (excludes halogenated alkanes) is 2. The molecule has 0 saturated heterocycles. The largest absolute Gasteiger partial charge is 0.389 e. The van der Waals surface area contributed by atoms with Crippen molar-refractivity contribution >= 4 is 0 Å². The molecule has 0 radical (unpaired) electrons. The Balaban J connectivity index is 3.51. The summed E-state index contributed by atoms with van der Waals surface area (Å²) in [5.41, 5.74) is 2.32. The van der Waals surface area contributed by atoms with Crippen LogP contribution in [0.5, 0.6) is 0 Å². The van der Waals surface area contributed by atoms with E-state index in [0.717, 1.165) is 18.0 Å². The Bertz CT molecular complexity index is 286. The molecule has 0 fully saturated rings. The summed E-state index contributed by atoms with van der Waals surface area (Å²) in [6.07, 6.45) is 14.3. The first kappa shape index (κ1) is 18.0. The smallest absolute Gasteiger partial charge is 0.0143 e. The highest BCUT2D eigenvalue weighted by Gasteiger charge is 1.99. The molecule has 110 valence electrons. The lowest BCUT2D eigenvalue weighted by atomic mass is 9.99. The summed E-state index contributed by atoms with van der Waals surface area (Å²) in [5.74, 6) is 0.909. The van der Waals surface area contributed by atoms with E-state index < -0.39 is 0 Å². The third-order valence-corrected chi connectivity index (χ3v) is 3.29. The summed E-state index contributed by atoms with van der Waals surface area (Å²) >= 11 is 0. The van der Waals surface area contributed by atoms with Gasteiger partial charge in [0.25, 0.3) is 0 Å². The average molecular weight is 263 g/mol. The SMILES string of the molecule is C=C(C)/C=C\C=C(/C)NCCCCCC(C)CCC. The van der Waals surface area contributed by atoms with Crippen molar-refractivity contribution in [2.75, 3.05) is 6.54 Å². The van der Waals surface area contributed by atoms with E-state index in [1.807, 2.05) is 13.0 Å². The van der Waals surface area contributed by atoms with Crippen molar-refractivity contribution in [1.82, 2.24) is 5.32 Å². The maximum absolute atomic E-state index is 3.84. The van der Waals surface area contributed by atoms with Crippen molar-refractivity contribution in [2.24, 2.45) is 5.92 Å². The fourth-order valence-corrected chi connectivity index (χ4v) is 2.13. The molecule has 0 bridgehead atoms. The molecule has 0 aromatic carbocycles. The van der Waals surface area contributed by atoms with Crippen LogP contribution >= 0.6 is 0 Å². The van der Waals surface area contributed by atoms with Crippen molar-refractivity contribution in [1.29, 1.82) is 0 Å². The number of allylic oxidation sites excluding steroid dienone is 5. The Labute approximate surface area is 120 Å². The fourth-order valence-electron chi connectivity index (χ4n) is 2.13. The number of hydrogen-bond acceptors (Lipinski definition) is 1. The van der Waals surface area contributed by atoms with Gasteiger partial charge in [0.05, 0.1) is 0 Å². The van der Waals surface area contributed by atoms with E-state index in [4.69, 9.17) is 0 Å². The molecule has 0 heterocycles. The van der Waals surface area contributed by atoms with Crippen LogP contribution in [0.2, 0.25) is 0 Å².